The van der Waals surface area contributed by atoms with Gasteiger partial charge in [0.1, 0.15) is 68.2 Å². The first kappa shape index (κ1) is 54.9. The number of aliphatic hydroxyl groups is 4. The highest BCUT2D eigenvalue weighted by Crippen LogP contribution is 2.58. The Morgan fingerprint density at radius 1 is 0.274 bits per heavy atom. The highest BCUT2D eigenvalue weighted by molar-refractivity contribution is 5.69. The van der Waals surface area contributed by atoms with Crippen LogP contribution in [0.1, 0.15) is 142 Å². The van der Waals surface area contributed by atoms with Crippen molar-refractivity contribution in [3.05, 3.63) is 213 Å². The van der Waals surface area contributed by atoms with E-state index in [2.05, 4.69) is 42.5 Å². The molecule has 0 radical (unpaired) electrons. The summed E-state index contributed by atoms with van der Waals surface area (Å²) in [5, 5.41) is 43.8. The van der Waals surface area contributed by atoms with Crippen molar-refractivity contribution >= 4 is 0 Å². The second-order valence-electron chi connectivity index (χ2n) is 22.3. The van der Waals surface area contributed by atoms with Crippen LogP contribution in [0.25, 0.3) is 0 Å². The van der Waals surface area contributed by atoms with Gasteiger partial charge in [-0.15, -0.1) is 0 Å². The second-order valence-corrected chi connectivity index (χ2v) is 22.3. The number of rotatable bonds is 20. The maximum atomic E-state index is 11.0. The third kappa shape index (κ3) is 10.6. The van der Waals surface area contributed by atoms with Crippen molar-refractivity contribution in [2.45, 2.75) is 101 Å². The lowest BCUT2D eigenvalue weighted by Gasteiger charge is -2.37. The number of ether oxygens (including phenoxy) is 8. The van der Waals surface area contributed by atoms with Crippen LogP contribution in [0.4, 0.5) is 0 Å². The molecule has 4 aromatic heterocycles. The number of hydrogen-bond donors (Lipinski definition) is 4. The van der Waals surface area contributed by atoms with Crippen LogP contribution in [-0.4, -0.2) is 74.0 Å². The van der Waals surface area contributed by atoms with Gasteiger partial charge in [-0.1, -0.05) is 24.3 Å². The Kier molecular flexibility index (Phi) is 16.3. The quantitative estimate of drug-likeness (QED) is 0.0546. The molecule has 432 valence electrons. The van der Waals surface area contributed by atoms with Crippen molar-refractivity contribution in [2.24, 2.45) is 0 Å². The second kappa shape index (κ2) is 24.9. The molecule has 0 unspecified atom stereocenters. The van der Waals surface area contributed by atoms with Gasteiger partial charge >= 0.3 is 0 Å². The monoisotopic (exact) mass is 1140 g/mol. The fourth-order valence-electron chi connectivity index (χ4n) is 13.6. The van der Waals surface area contributed by atoms with E-state index in [0.717, 1.165) is 66.8 Å². The van der Waals surface area contributed by atoms with E-state index in [1.54, 1.807) is 0 Å². The molecular formula is C68H72N4O12+4. The molecule has 16 nitrogen and oxygen atoms in total. The molecule has 4 N–H and O–H groups in total. The van der Waals surface area contributed by atoms with Crippen molar-refractivity contribution in [1.82, 2.24) is 0 Å². The molecule has 8 bridgehead atoms. The number of hydrogen-bond acceptors (Lipinski definition) is 12. The first-order valence-electron chi connectivity index (χ1n) is 29.5. The summed E-state index contributed by atoms with van der Waals surface area (Å²) in [6, 6.07) is 33.1. The Hall–Kier alpha value is -8.28. The molecule has 0 atom stereocenters. The lowest BCUT2D eigenvalue weighted by atomic mass is 9.74. The maximum absolute atomic E-state index is 11.0. The third-order valence-corrected chi connectivity index (χ3v) is 17.2. The maximum Gasteiger partial charge on any atom is 0.230 e. The van der Waals surface area contributed by atoms with Crippen molar-refractivity contribution in [3.8, 4) is 46.0 Å². The van der Waals surface area contributed by atoms with Crippen molar-refractivity contribution in [2.75, 3.05) is 53.6 Å². The summed E-state index contributed by atoms with van der Waals surface area (Å²) in [5.41, 5.74) is 10.5. The normalized spacial score (nSPS) is 17.7. The predicted octanol–water partition coefficient (Wildman–Crippen LogP) is 7.88. The SMILES string of the molecule is OCCCC1c2cc3c4c(C[n+]5ccccc5)c2OCOc2c1cc1c(c2C[n+]2ccccc2)OCOc2c(cc5c(c2C[n+]2ccccc2)OCOc2c(cc(c(c2C[n+]2ccccc2)OCO4)C3CCCO)C5CCCO)C1CCCO. The minimum atomic E-state index is -0.425. The van der Waals surface area contributed by atoms with Gasteiger partial charge in [0.15, 0.2) is 75.8 Å². The molecule has 8 heterocycles. The summed E-state index contributed by atoms with van der Waals surface area (Å²) in [6.45, 7) is 0.620. The molecule has 13 rings (SSSR count). The van der Waals surface area contributed by atoms with Crippen LogP contribution in [0.15, 0.2) is 147 Å². The van der Waals surface area contributed by atoms with Crippen molar-refractivity contribution in [3.63, 3.8) is 0 Å². The van der Waals surface area contributed by atoms with Crippen LogP contribution < -0.4 is 56.2 Å². The van der Waals surface area contributed by atoms with Gasteiger partial charge in [0.25, 0.3) is 0 Å². The molecule has 0 spiro atoms. The van der Waals surface area contributed by atoms with Gasteiger partial charge < -0.3 is 58.3 Å². The van der Waals surface area contributed by atoms with Crippen molar-refractivity contribution < 1.29 is 76.6 Å². The topological polar surface area (TPSA) is 170 Å². The Balaban J connectivity index is 1.21. The van der Waals surface area contributed by atoms with Gasteiger partial charge in [-0.05, 0) is 75.6 Å². The fourth-order valence-corrected chi connectivity index (χ4v) is 13.6. The Morgan fingerprint density at radius 3 is 0.619 bits per heavy atom. The minimum Gasteiger partial charge on any atom is -0.456 e. The van der Waals surface area contributed by atoms with Gasteiger partial charge in [-0.3, -0.25) is 0 Å². The van der Waals surface area contributed by atoms with Crippen LogP contribution in [0.2, 0.25) is 0 Å². The van der Waals surface area contributed by atoms with Gasteiger partial charge in [0, 0.05) is 143 Å². The molecule has 0 fully saturated rings. The fraction of sp³-hybridized carbons (Fsp3) is 0.353. The van der Waals surface area contributed by atoms with Crippen LogP contribution in [0, 0.1) is 0 Å². The zero-order valence-corrected chi connectivity index (χ0v) is 47.2. The average molecular weight is 1140 g/mol. The molecular weight excluding hydrogens is 1060 g/mol. The summed E-state index contributed by atoms with van der Waals surface area (Å²) in [4.78, 5) is 0. The Morgan fingerprint density at radius 2 is 0.452 bits per heavy atom. The smallest absolute Gasteiger partial charge is 0.230 e. The summed E-state index contributed by atoms with van der Waals surface area (Å²) in [7, 11) is 0. The number of benzene rings is 4. The summed E-state index contributed by atoms with van der Waals surface area (Å²) >= 11 is 0. The van der Waals surface area contributed by atoms with E-state index in [9.17, 15) is 20.4 Å². The van der Waals surface area contributed by atoms with Gasteiger partial charge in [-0.2, -0.15) is 0 Å². The van der Waals surface area contributed by atoms with E-state index < -0.39 is 23.7 Å². The van der Waals surface area contributed by atoms with Crippen molar-refractivity contribution in [1.29, 1.82) is 0 Å². The summed E-state index contributed by atoms with van der Waals surface area (Å²) in [6.07, 6.45) is 20.1. The highest BCUT2D eigenvalue weighted by atomic mass is 16.7. The average Bonchev–Trinajstić information content (AvgIpc) is 1.35. The van der Waals surface area contributed by atoms with E-state index in [0.29, 0.717) is 124 Å². The molecule has 5 aliphatic rings. The standard InChI is InChI=1S/C68H72N4O12/c73-29-13-17-45-49-33-50-46(18-14-30-74)52-35-54-48(20-16-32-76)56-36-55-47(19-15-31-75)53-34-51(45)63-58(38-70-23-7-2-8-24-70)65(53)81-43-83-67(55)60(40-72-27-11-4-12-28-72)68(56)84-44-82-66(54)59(39-71-25-9-3-10-26-71)64(52)80-42-78-62(50)57(61(49)77-41-79-63)37-69-21-5-1-6-22-69/h1-12,21-28,33-36,45-48,73-76H,13-20,29-32,37-44H2/q+4. The summed E-state index contributed by atoms with van der Waals surface area (Å²) < 4.78 is 65.2. The highest BCUT2D eigenvalue weighted by Gasteiger charge is 2.43. The Bertz CT molecular complexity index is 3030. The van der Waals surface area contributed by atoms with E-state index in [1.165, 1.54) is 0 Å². The zero-order valence-electron chi connectivity index (χ0n) is 47.2. The number of aliphatic hydroxyl groups excluding tert-OH is 4. The molecule has 1 aliphatic carbocycles. The first-order chi connectivity index (χ1) is 41.5. The zero-order chi connectivity index (χ0) is 56.9. The molecule has 0 saturated carbocycles. The minimum absolute atomic E-state index is 0.0552. The number of aromatic nitrogens is 4. The predicted molar refractivity (Wildman–Crippen MR) is 306 cm³/mol. The van der Waals surface area contributed by atoms with Crippen LogP contribution in [-0.2, 0) is 26.2 Å². The molecule has 0 saturated heterocycles. The molecule has 0 amide bonds. The lowest BCUT2D eigenvalue weighted by Crippen LogP contribution is -2.36. The van der Waals surface area contributed by atoms with Crippen LogP contribution in [0.5, 0.6) is 46.0 Å². The lowest BCUT2D eigenvalue weighted by molar-refractivity contribution is -0.688. The summed E-state index contributed by atoms with van der Waals surface area (Å²) in [5.74, 6) is 3.27. The number of pyridine rings is 4. The molecule has 16 heteroatoms. The van der Waals surface area contributed by atoms with Gasteiger partial charge in [0.2, 0.25) is 27.2 Å². The van der Waals surface area contributed by atoms with Gasteiger partial charge in [0.05, 0.1) is 0 Å². The molecule has 4 aliphatic heterocycles. The van der Waals surface area contributed by atoms with E-state index >= 15 is 0 Å². The Labute approximate surface area is 488 Å². The van der Waals surface area contributed by atoms with E-state index in [4.69, 9.17) is 37.9 Å². The largest absolute Gasteiger partial charge is 0.456 e. The third-order valence-electron chi connectivity index (χ3n) is 17.2. The van der Waals surface area contributed by atoms with E-state index in [1.807, 2.05) is 122 Å². The molecule has 84 heavy (non-hydrogen) atoms. The van der Waals surface area contributed by atoms with Crippen LogP contribution in [0.3, 0.4) is 0 Å². The first-order valence-corrected chi connectivity index (χ1v) is 29.5. The van der Waals surface area contributed by atoms with Gasteiger partial charge in [-0.25, -0.2) is 18.3 Å². The molecule has 8 aromatic rings. The van der Waals surface area contributed by atoms with E-state index in [-0.39, 0.29) is 53.6 Å². The molecule has 4 aromatic carbocycles. The number of nitrogens with zero attached hydrogens (tertiary/aromatic N) is 4. The van der Waals surface area contributed by atoms with Crippen LogP contribution >= 0.6 is 0 Å².